The highest BCUT2D eigenvalue weighted by Gasteiger charge is 2.30. The fraction of sp³-hybridized carbons (Fsp3) is 0.241. The van der Waals surface area contributed by atoms with Gasteiger partial charge in [-0.2, -0.15) is 13.2 Å². The number of anilines is 1. The van der Waals surface area contributed by atoms with Crippen LogP contribution >= 0.6 is 0 Å². The largest absolute Gasteiger partial charge is 0.416 e. The van der Waals surface area contributed by atoms with E-state index in [1.54, 1.807) is 28.8 Å². The number of benzene rings is 3. The SMILES string of the molecule is CC(C)CC(=O)Nc1ccc2c(c1)cc(C(=O)NCc1ccccc1)n2Cc1ccc(C(F)(F)F)cc1. The molecule has 4 rings (SSSR count). The second-order valence-corrected chi connectivity index (χ2v) is 9.40. The van der Waals surface area contributed by atoms with Crippen LogP contribution in [0.1, 0.15) is 47.4 Å². The molecule has 1 heterocycles. The van der Waals surface area contributed by atoms with Gasteiger partial charge in [-0.25, -0.2) is 0 Å². The van der Waals surface area contributed by atoms with Gasteiger partial charge >= 0.3 is 6.18 Å². The van der Waals surface area contributed by atoms with Crippen LogP contribution in [0, 0.1) is 5.92 Å². The molecular formula is C29H28F3N3O2. The van der Waals surface area contributed by atoms with Crippen molar-refractivity contribution in [2.75, 3.05) is 5.32 Å². The lowest BCUT2D eigenvalue weighted by molar-refractivity contribution is -0.137. The van der Waals surface area contributed by atoms with Crippen LogP contribution in [0.2, 0.25) is 0 Å². The molecule has 4 aromatic rings. The molecular weight excluding hydrogens is 479 g/mol. The van der Waals surface area contributed by atoms with Gasteiger partial charge in [-0.05, 0) is 53.4 Å². The summed E-state index contributed by atoms with van der Waals surface area (Å²) in [6.07, 6.45) is -4.03. The van der Waals surface area contributed by atoms with Gasteiger partial charge in [-0.15, -0.1) is 0 Å². The van der Waals surface area contributed by atoms with E-state index in [9.17, 15) is 22.8 Å². The monoisotopic (exact) mass is 507 g/mol. The molecule has 0 saturated heterocycles. The zero-order valence-corrected chi connectivity index (χ0v) is 20.6. The number of carbonyl (C=O) groups excluding carboxylic acids is 2. The molecule has 0 unspecified atom stereocenters. The summed E-state index contributed by atoms with van der Waals surface area (Å²) in [5.41, 5.74) is 2.55. The summed E-state index contributed by atoms with van der Waals surface area (Å²) in [6.45, 7) is 4.46. The number of alkyl halides is 3. The summed E-state index contributed by atoms with van der Waals surface area (Å²) < 4.78 is 40.8. The highest BCUT2D eigenvalue weighted by atomic mass is 19.4. The summed E-state index contributed by atoms with van der Waals surface area (Å²) in [4.78, 5) is 25.5. The van der Waals surface area contributed by atoms with E-state index in [0.717, 1.165) is 28.6 Å². The number of nitrogens with zero attached hydrogens (tertiary/aromatic N) is 1. The van der Waals surface area contributed by atoms with Crippen molar-refractivity contribution in [2.24, 2.45) is 5.92 Å². The zero-order valence-electron chi connectivity index (χ0n) is 20.6. The number of halogens is 3. The molecule has 192 valence electrons. The molecule has 2 N–H and O–H groups in total. The second kappa shape index (κ2) is 10.9. The molecule has 0 aliphatic carbocycles. The van der Waals surface area contributed by atoms with Crippen molar-refractivity contribution >= 4 is 28.4 Å². The fourth-order valence-corrected chi connectivity index (χ4v) is 4.14. The molecule has 8 heteroatoms. The first kappa shape index (κ1) is 26.0. The van der Waals surface area contributed by atoms with Crippen molar-refractivity contribution in [2.45, 2.75) is 39.5 Å². The number of fused-ring (bicyclic) bond motifs is 1. The van der Waals surface area contributed by atoms with E-state index in [1.165, 1.54) is 12.1 Å². The molecule has 0 radical (unpaired) electrons. The van der Waals surface area contributed by atoms with Gasteiger partial charge in [0.1, 0.15) is 5.69 Å². The van der Waals surface area contributed by atoms with Gasteiger partial charge in [0, 0.05) is 36.1 Å². The van der Waals surface area contributed by atoms with Crippen LogP contribution in [0.3, 0.4) is 0 Å². The van der Waals surface area contributed by atoms with E-state index in [4.69, 9.17) is 0 Å². The Balaban J connectivity index is 1.65. The number of aromatic nitrogens is 1. The number of rotatable bonds is 8. The first-order valence-corrected chi connectivity index (χ1v) is 12.0. The van der Waals surface area contributed by atoms with Crippen molar-refractivity contribution in [1.82, 2.24) is 9.88 Å². The van der Waals surface area contributed by atoms with E-state index in [2.05, 4.69) is 10.6 Å². The maximum Gasteiger partial charge on any atom is 0.416 e. The van der Waals surface area contributed by atoms with Crippen LogP contribution in [0.5, 0.6) is 0 Å². The summed E-state index contributed by atoms with van der Waals surface area (Å²) in [6, 6.07) is 21.5. The Morgan fingerprint density at radius 3 is 2.24 bits per heavy atom. The molecule has 2 amide bonds. The average Bonchev–Trinajstić information content (AvgIpc) is 3.20. The predicted molar refractivity (Wildman–Crippen MR) is 138 cm³/mol. The molecule has 0 bridgehead atoms. The summed E-state index contributed by atoms with van der Waals surface area (Å²) in [5, 5.41) is 6.54. The van der Waals surface area contributed by atoms with Gasteiger partial charge in [0.15, 0.2) is 0 Å². The number of carbonyl (C=O) groups is 2. The highest BCUT2D eigenvalue weighted by molar-refractivity contribution is 6.00. The van der Waals surface area contributed by atoms with Crippen LogP contribution in [-0.4, -0.2) is 16.4 Å². The van der Waals surface area contributed by atoms with Crippen LogP contribution in [-0.2, 0) is 24.1 Å². The van der Waals surface area contributed by atoms with Crippen molar-refractivity contribution in [3.8, 4) is 0 Å². The van der Waals surface area contributed by atoms with Gasteiger partial charge in [0.2, 0.25) is 5.91 Å². The first-order valence-electron chi connectivity index (χ1n) is 12.0. The van der Waals surface area contributed by atoms with Crippen LogP contribution in [0.15, 0.2) is 78.9 Å². The summed E-state index contributed by atoms with van der Waals surface area (Å²) in [5.74, 6) is -0.190. The topological polar surface area (TPSA) is 63.1 Å². The molecule has 3 aromatic carbocycles. The minimum absolute atomic E-state index is 0.0978. The van der Waals surface area contributed by atoms with Gasteiger partial charge in [0.25, 0.3) is 5.91 Å². The smallest absolute Gasteiger partial charge is 0.347 e. The van der Waals surface area contributed by atoms with Crippen molar-refractivity contribution in [3.63, 3.8) is 0 Å². The maximum absolute atomic E-state index is 13.2. The molecule has 0 aliphatic rings. The standard InChI is InChI=1S/C29H28F3N3O2/c1-19(2)14-27(36)34-24-12-13-25-22(15-24)16-26(28(37)33-17-20-6-4-3-5-7-20)35(25)18-21-8-10-23(11-9-21)29(30,31)32/h3-13,15-16,19H,14,17-18H2,1-2H3,(H,33,37)(H,34,36). The number of nitrogens with one attached hydrogen (secondary N) is 2. The molecule has 0 aliphatic heterocycles. The van der Waals surface area contributed by atoms with Gasteiger partial charge < -0.3 is 15.2 Å². The Morgan fingerprint density at radius 1 is 0.892 bits per heavy atom. The zero-order chi connectivity index (χ0) is 26.6. The fourth-order valence-electron chi connectivity index (χ4n) is 4.14. The van der Waals surface area contributed by atoms with Crippen LogP contribution < -0.4 is 10.6 Å². The Bertz CT molecular complexity index is 1390. The molecule has 37 heavy (non-hydrogen) atoms. The quantitative estimate of drug-likeness (QED) is 0.281. The van der Waals surface area contributed by atoms with E-state index < -0.39 is 11.7 Å². The van der Waals surface area contributed by atoms with E-state index in [0.29, 0.717) is 29.9 Å². The lowest BCUT2D eigenvalue weighted by Crippen LogP contribution is -2.25. The minimum Gasteiger partial charge on any atom is -0.347 e. The average molecular weight is 508 g/mol. The Morgan fingerprint density at radius 2 is 1.59 bits per heavy atom. The number of hydrogen-bond acceptors (Lipinski definition) is 2. The molecule has 0 saturated carbocycles. The lowest BCUT2D eigenvalue weighted by Gasteiger charge is -2.13. The van der Waals surface area contributed by atoms with Crippen molar-refractivity contribution in [1.29, 1.82) is 0 Å². The van der Waals surface area contributed by atoms with Gasteiger partial charge in [0.05, 0.1) is 5.56 Å². The Kier molecular flexibility index (Phi) is 7.66. The number of amides is 2. The summed E-state index contributed by atoms with van der Waals surface area (Å²) >= 11 is 0. The van der Waals surface area contributed by atoms with Gasteiger partial charge in [-0.1, -0.05) is 56.3 Å². The van der Waals surface area contributed by atoms with Gasteiger partial charge in [-0.3, -0.25) is 9.59 Å². The summed E-state index contributed by atoms with van der Waals surface area (Å²) in [7, 11) is 0. The van der Waals surface area contributed by atoms with Crippen molar-refractivity contribution in [3.05, 3.63) is 101 Å². The van der Waals surface area contributed by atoms with Crippen LogP contribution in [0.4, 0.5) is 18.9 Å². The number of hydrogen-bond donors (Lipinski definition) is 2. The molecule has 5 nitrogen and oxygen atoms in total. The van der Waals surface area contributed by atoms with Crippen LogP contribution in [0.25, 0.3) is 10.9 Å². The third-order valence-corrected chi connectivity index (χ3v) is 5.93. The Hall–Kier alpha value is -4.07. The normalized spacial score (nSPS) is 11.6. The molecule has 0 spiro atoms. The molecule has 0 atom stereocenters. The van der Waals surface area contributed by atoms with Crippen molar-refractivity contribution < 1.29 is 22.8 Å². The Labute approximate surface area is 213 Å². The van der Waals surface area contributed by atoms with E-state index in [1.807, 2.05) is 44.2 Å². The molecule has 0 fully saturated rings. The minimum atomic E-state index is -4.42. The van der Waals surface area contributed by atoms with E-state index in [-0.39, 0.29) is 24.3 Å². The molecule has 1 aromatic heterocycles. The van der Waals surface area contributed by atoms with E-state index >= 15 is 0 Å². The first-order chi connectivity index (χ1) is 17.6. The maximum atomic E-state index is 13.2. The highest BCUT2D eigenvalue weighted by Crippen LogP contribution is 2.30. The lowest BCUT2D eigenvalue weighted by atomic mass is 10.1. The second-order valence-electron chi connectivity index (χ2n) is 9.40. The predicted octanol–water partition coefficient (Wildman–Crippen LogP) is 6.62. The third kappa shape index (κ3) is 6.58. The third-order valence-electron chi connectivity index (χ3n) is 5.93.